The maximum Gasteiger partial charge on any atom is 0.416 e. The predicted molar refractivity (Wildman–Crippen MR) is 144 cm³/mol. The minimum Gasteiger partial charge on any atom is -0.493 e. The Morgan fingerprint density at radius 2 is 1.20 bits per heavy atom. The molecular weight excluding hydrogens is 550 g/mol. The van der Waals surface area contributed by atoms with E-state index in [4.69, 9.17) is 14.2 Å². The van der Waals surface area contributed by atoms with E-state index < -0.39 is 29.0 Å². The molecule has 1 aliphatic heterocycles. The van der Waals surface area contributed by atoms with E-state index in [1.807, 2.05) is 6.92 Å². The summed E-state index contributed by atoms with van der Waals surface area (Å²) in [4.78, 5) is 4.62. The molecule has 2 fully saturated rings. The molecule has 0 radical (unpaired) electrons. The van der Waals surface area contributed by atoms with Crippen LogP contribution in [0.1, 0.15) is 61.3 Å². The highest BCUT2D eigenvalue weighted by Gasteiger charge is 2.41. The van der Waals surface area contributed by atoms with Crippen LogP contribution >= 0.6 is 0 Å². The standard InChI is InChI=1S/C30H38F6N2O3/c1-28(21-17-25(39-2)27(41-4)26(18-21)40-3,38-12-10-37(11-13-38)24-8-6-5-7-9-24)19-20-14-22(29(31,32)33)16-23(15-20)30(34,35)36/h14-18,24H,5-13,19H2,1-4H3. The van der Waals surface area contributed by atoms with Crippen molar-refractivity contribution in [1.29, 1.82) is 0 Å². The number of hydrogen-bond donors (Lipinski definition) is 0. The van der Waals surface area contributed by atoms with Crippen LogP contribution in [0.4, 0.5) is 26.3 Å². The monoisotopic (exact) mass is 588 g/mol. The van der Waals surface area contributed by atoms with E-state index in [0.717, 1.165) is 38.1 Å². The minimum atomic E-state index is -4.93. The largest absolute Gasteiger partial charge is 0.493 e. The highest BCUT2D eigenvalue weighted by Crippen LogP contribution is 2.45. The Labute approximate surface area is 237 Å². The number of ether oxygens (including phenoxy) is 3. The van der Waals surface area contributed by atoms with Crippen LogP contribution in [0, 0.1) is 0 Å². The van der Waals surface area contributed by atoms with Crippen molar-refractivity contribution in [2.75, 3.05) is 47.5 Å². The smallest absolute Gasteiger partial charge is 0.416 e. The molecule has 1 aliphatic carbocycles. The van der Waals surface area contributed by atoms with Crippen molar-refractivity contribution in [2.24, 2.45) is 0 Å². The number of halogens is 6. The molecule has 1 saturated carbocycles. The molecule has 228 valence electrons. The summed E-state index contributed by atoms with van der Waals surface area (Å²) in [5.41, 5.74) is -3.05. The Kier molecular flexibility index (Phi) is 9.38. The number of piperazine rings is 1. The SMILES string of the molecule is COc1cc(C(C)(Cc2cc(C(F)(F)F)cc(C(F)(F)F)c2)N2CCN(C3CCCCC3)CC2)cc(OC)c1OC. The van der Waals surface area contributed by atoms with Crippen molar-refractivity contribution < 1.29 is 40.6 Å². The Morgan fingerprint density at radius 3 is 1.63 bits per heavy atom. The molecule has 41 heavy (non-hydrogen) atoms. The average Bonchev–Trinajstić information content (AvgIpc) is 2.95. The van der Waals surface area contributed by atoms with Gasteiger partial charge in [-0.2, -0.15) is 26.3 Å². The molecule has 0 bridgehead atoms. The predicted octanol–water partition coefficient (Wildman–Crippen LogP) is 7.16. The number of rotatable bonds is 8. The van der Waals surface area contributed by atoms with Gasteiger partial charge in [0.25, 0.3) is 0 Å². The Balaban J connectivity index is 1.78. The van der Waals surface area contributed by atoms with Gasteiger partial charge in [-0.15, -0.1) is 0 Å². The van der Waals surface area contributed by atoms with E-state index in [9.17, 15) is 26.3 Å². The number of nitrogens with zero attached hydrogens (tertiary/aromatic N) is 2. The summed E-state index contributed by atoms with van der Waals surface area (Å²) in [6.45, 7) is 4.60. The van der Waals surface area contributed by atoms with Gasteiger partial charge in [-0.1, -0.05) is 19.3 Å². The molecule has 5 nitrogen and oxygen atoms in total. The van der Waals surface area contributed by atoms with Crippen molar-refractivity contribution in [3.63, 3.8) is 0 Å². The normalized spacial score (nSPS) is 19.6. The molecule has 1 unspecified atom stereocenters. The van der Waals surface area contributed by atoms with Crippen molar-refractivity contribution in [3.05, 3.63) is 52.6 Å². The second kappa shape index (κ2) is 12.3. The first kappa shape index (κ1) is 31.3. The van der Waals surface area contributed by atoms with Crippen LogP contribution in [0.15, 0.2) is 30.3 Å². The van der Waals surface area contributed by atoms with Gasteiger partial charge in [0.05, 0.1) is 32.5 Å². The third-order valence-electron chi connectivity index (χ3n) is 8.59. The Bertz CT molecular complexity index is 1130. The van der Waals surface area contributed by atoms with E-state index in [0.29, 0.717) is 41.9 Å². The number of alkyl halides is 6. The summed E-state index contributed by atoms with van der Waals surface area (Å²) in [5.74, 6) is 1.06. The topological polar surface area (TPSA) is 34.2 Å². The lowest BCUT2D eigenvalue weighted by atomic mass is 9.82. The maximum atomic E-state index is 13.7. The van der Waals surface area contributed by atoms with Crippen LogP contribution in [-0.2, 0) is 24.3 Å². The van der Waals surface area contributed by atoms with E-state index in [1.54, 1.807) is 12.1 Å². The lowest BCUT2D eigenvalue weighted by Crippen LogP contribution is -2.57. The molecule has 2 aliphatic rings. The molecule has 1 atom stereocenters. The van der Waals surface area contributed by atoms with Gasteiger partial charge < -0.3 is 14.2 Å². The molecular formula is C30H38F6N2O3. The maximum absolute atomic E-state index is 13.7. The zero-order valence-electron chi connectivity index (χ0n) is 23.9. The highest BCUT2D eigenvalue weighted by atomic mass is 19.4. The molecule has 0 spiro atoms. The van der Waals surface area contributed by atoms with Crippen molar-refractivity contribution >= 4 is 0 Å². The fraction of sp³-hybridized carbons (Fsp3) is 0.600. The Hall–Kier alpha value is -2.66. The van der Waals surface area contributed by atoms with Crippen LogP contribution in [0.5, 0.6) is 17.2 Å². The molecule has 1 saturated heterocycles. The summed E-state index contributed by atoms with van der Waals surface area (Å²) in [6, 6.07) is 5.79. The van der Waals surface area contributed by atoms with Crippen molar-refractivity contribution in [1.82, 2.24) is 9.80 Å². The summed E-state index contributed by atoms with van der Waals surface area (Å²) in [5, 5.41) is 0. The number of benzene rings is 2. The lowest BCUT2D eigenvalue weighted by molar-refractivity contribution is -0.143. The van der Waals surface area contributed by atoms with Gasteiger partial charge in [-0.05, 0) is 67.6 Å². The van der Waals surface area contributed by atoms with E-state index in [1.165, 1.54) is 40.6 Å². The van der Waals surface area contributed by atoms with Crippen LogP contribution in [0.25, 0.3) is 0 Å². The van der Waals surface area contributed by atoms with Gasteiger partial charge in [0.1, 0.15) is 0 Å². The summed E-state index contributed by atoms with van der Waals surface area (Å²) in [7, 11) is 4.39. The molecule has 1 heterocycles. The molecule has 2 aromatic carbocycles. The minimum absolute atomic E-state index is 0.0573. The first-order valence-electron chi connectivity index (χ1n) is 13.9. The van der Waals surface area contributed by atoms with Gasteiger partial charge in [-0.25, -0.2) is 0 Å². The van der Waals surface area contributed by atoms with Gasteiger partial charge in [-0.3, -0.25) is 9.80 Å². The third kappa shape index (κ3) is 6.88. The van der Waals surface area contributed by atoms with Crippen molar-refractivity contribution in [3.8, 4) is 17.2 Å². The average molecular weight is 589 g/mol. The fourth-order valence-electron chi connectivity index (χ4n) is 6.33. The zero-order chi connectivity index (χ0) is 30.0. The molecule has 0 amide bonds. The van der Waals surface area contributed by atoms with E-state index >= 15 is 0 Å². The first-order chi connectivity index (χ1) is 19.3. The number of hydrogen-bond acceptors (Lipinski definition) is 5. The molecule has 0 aromatic heterocycles. The summed E-state index contributed by atoms with van der Waals surface area (Å²) < 4.78 is 98.9. The fourth-order valence-corrected chi connectivity index (χ4v) is 6.33. The second-order valence-corrected chi connectivity index (χ2v) is 11.1. The quantitative estimate of drug-likeness (QED) is 0.306. The van der Waals surface area contributed by atoms with Gasteiger partial charge in [0.15, 0.2) is 11.5 Å². The zero-order valence-corrected chi connectivity index (χ0v) is 23.9. The van der Waals surface area contributed by atoms with E-state index in [2.05, 4.69) is 9.80 Å². The summed E-state index contributed by atoms with van der Waals surface area (Å²) in [6.07, 6.45) is -4.01. The molecule has 11 heteroatoms. The van der Waals surface area contributed by atoms with Crippen molar-refractivity contribution in [2.45, 2.75) is 69.4 Å². The Morgan fingerprint density at radius 1 is 0.683 bits per heavy atom. The van der Waals surface area contributed by atoms with Crippen LogP contribution in [0.3, 0.4) is 0 Å². The van der Waals surface area contributed by atoms with Gasteiger partial charge in [0.2, 0.25) is 5.75 Å². The van der Waals surface area contributed by atoms with Gasteiger partial charge in [0, 0.05) is 37.8 Å². The van der Waals surface area contributed by atoms with Gasteiger partial charge >= 0.3 is 12.4 Å². The molecule has 0 N–H and O–H groups in total. The van der Waals surface area contributed by atoms with Crippen LogP contribution in [-0.4, -0.2) is 63.4 Å². The number of methoxy groups -OCH3 is 3. The molecule has 2 aromatic rings. The second-order valence-electron chi connectivity index (χ2n) is 11.1. The highest BCUT2D eigenvalue weighted by molar-refractivity contribution is 5.55. The lowest BCUT2D eigenvalue weighted by Gasteiger charge is -2.48. The molecule has 4 rings (SSSR count). The first-order valence-corrected chi connectivity index (χ1v) is 13.9. The van der Waals surface area contributed by atoms with Crippen LogP contribution in [0.2, 0.25) is 0 Å². The summed E-state index contributed by atoms with van der Waals surface area (Å²) >= 11 is 0. The van der Waals surface area contributed by atoms with Crippen LogP contribution < -0.4 is 14.2 Å². The van der Waals surface area contributed by atoms with E-state index in [-0.39, 0.29) is 18.1 Å². The third-order valence-corrected chi connectivity index (χ3v) is 8.59.